The van der Waals surface area contributed by atoms with Crippen molar-refractivity contribution in [1.82, 2.24) is 0 Å². The van der Waals surface area contributed by atoms with Crippen LogP contribution in [0, 0.1) is 12.7 Å². The molecule has 0 radical (unpaired) electrons. The van der Waals surface area contributed by atoms with Crippen LogP contribution in [0.3, 0.4) is 0 Å². The maximum Gasteiger partial charge on any atom is 0.128 e. The number of aliphatic hydroxyl groups is 1. The summed E-state index contributed by atoms with van der Waals surface area (Å²) >= 11 is 0. The lowest BCUT2D eigenvalue weighted by atomic mass is 9.92. The van der Waals surface area contributed by atoms with Gasteiger partial charge < -0.3 is 10.4 Å². The molecular formula is C13H18FNO. The number of benzene rings is 1. The van der Waals surface area contributed by atoms with Gasteiger partial charge >= 0.3 is 0 Å². The Labute approximate surface area is 95.5 Å². The van der Waals surface area contributed by atoms with Crippen molar-refractivity contribution < 1.29 is 9.50 Å². The number of aryl methyl sites for hydroxylation is 1. The van der Waals surface area contributed by atoms with Crippen LogP contribution in [0.25, 0.3) is 0 Å². The van der Waals surface area contributed by atoms with Gasteiger partial charge in [0.15, 0.2) is 0 Å². The van der Waals surface area contributed by atoms with Gasteiger partial charge in [-0.3, -0.25) is 0 Å². The molecule has 3 heteroatoms. The number of anilines is 1. The van der Waals surface area contributed by atoms with Crippen molar-refractivity contribution in [2.75, 3.05) is 5.32 Å². The van der Waals surface area contributed by atoms with Crippen LogP contribution in [0.15, 0.2) is 18.2 Å². The molecule has 0 spiro atoms. The Bertz CT molecular complexity index is 367. The van der Waals surface area contributed by atoms with E-state index < -0.39 is 0 Å². The van der Waals surface area contributed by atoms with Gasteiger partial charge in [-0.05, 0) is 37.5 Å². The van der Waals surface area contributed by atoms with E-state index >= 15 is 0 Å². The van der Waals surface area contributed by atoms with Gasteiger partial charge in [-0.25, -0.2) is 4.39 Å². The smallest absolute Gasteiger partial charge is 0.128 e. The fraction of sp³-hybridized carbons (Fsp3) is 0.538. The quantitative estimate of drug-likeness (QED) is 0.808. The number of hydrogen-bond donors (Lipinski definition) is 2. The summed E-state index contributed by atoms with van der Waals surface area (Å²) in [6.07, 6.45) is 3.70. The molecule has 0 unspecified atom stereocenters. The van der Waals surface area contributed by atoms with Gasteiger partial charge in [-0.1, -0.05) is 18.9 Å². The first kappa shape index (κ1) is 11.4. The van der Waals surface area contributed by atoms with Crippen LogP contribution >= 0.6 is 0 Å². The Morgan fingerprint density at radius 2 is 2.06 bits per heavy atom. The van der Waals surface area contributed by atoms with E-state index in [0.717, 1.165) is 31.4 Å². The summed E-state index contributed by atoms with van der Waals surface area (Å²) in [5.41, 5.74) is 1.41. The first-order chi connectivity index (χ1) is 7.66. The largest absolute Gasteiger partial charge is 0.391 e. The molecular weight excluding hydrogens is 205 g/mol. The van der Waals surface area contributed by atoms with Crippen LogP contribution in [0.1, 0.15) is 31.2 Å². The topological polar surface area (TPSA) is 32.3 Å². The van der Waals surface area contributed by atoms with Crippen LogP contribution in [-0.2, 0) is 0 Å². The third-order valence-electron chi connectivity index (χ3n) is 3.25. The minimum Gasteiger partial charge on any atom is -0.391 e. The second-order valence-electron chi connectivity index (χ2n) is 4.57. The minimum absolute atomic E-state index is 0.0656. The van der Waals surface area contributed by atoms with E-state index in [1.807, 2.05) is 6.07 Å². The average Bonchev–Trinajstić information content (AvgIpc) is 2.27. The fourth-order valence-corrected chi connectivity index (χ4v) is 2.18. The van der Waals surface area contributed by atoms with Crippen molar-refractivity contribution in [3.63, 3.8) is 0 Å². The molecule has 2 N–H and O–H groups in total. The van der Waals surface area contributed by atoms with Crippen LogP contribution in [0.5, 0.6) is 0 Å². The Balaban J connectivity index is 2.05. The summed E-state index contributed by atoms with van der Waals surface area (Å²) in [6.45, 7) is 1.74. The van der Waals surface area contributed by atoms with Crippen molar-refractivity contribution in [3.8, 4) is 0 Å². The predicted molar refractivity (Wildman–Crippen MR) is 63.0 cm³/mol. The first-order valence-electron chi connectivity index (χ1n) is 5.87. The van der Waals surface area contributed by atoms with Crippen LogP contribution < -0.4 is 5.32 Å². The van der Waals surface area contributed by atoms with E-state index in [1.165, 1.54) is 6.07 Å². The van der Waals surface area contributed by atoms with Gasteiger partial charge in [-0.2, -0.15) is 0 Å². The average molecular weight is 223 g/mol. The normalized spacial score (nSPS) is 25.4. The van der Waals surface area contributed by atoms with E-state index in [1.54, 1.807) is 13.0 Å². The Kier molecular flexibility index (Phi) is 3.44. The van der Waals surface area contributed by atoms with E-state index in [4.69, 9.17) is 0 Å². The lowest BCUT2D eigenvalue weighted by Crippen LogP contribution is -2.36. The zero-order chi connectivity index (χ0) is 11.5. The molecule has 16 heavy (non-hydrogen) atoms. The van der Waals surface area contributed by atoms with Gasteiger partial charge in [0.2, 0.25) is 0 Å². The van der Waals surface area contributed by atoms with E-state index in [0.29, 0.717) is 5.56 Å². The molecule has 0 amide bonds. The molecule has 0 aliphatic heterocycles. The molecule has 0 bridgehead atoms. The molecule has 1 aliphatic rings. The van der Waals surface area contributed by atoms with Gasteiger partial charge in [0.1, 0.15) is 5.82 Å². The number of halogens is 1. The monoisotopic (exact) mass is 223 g/mol. The van der Waals surface area contributed by atoms with Crippen molar-refractivity contribution >= 4 is 5.69 Å². The first-order valence-corrected chi connectivity index (χ1v) is 5.87. The Morgan fingerprint density at radius 3 is 2.75 bits per heavy atom. The number of aliphatic hydroxyl groups excluding tert-OH is 1. The van der Waals surface area contributed by atoms with Crippen LogP contribution in [-0.4, -0.2) is 17.3 Å². The molecule has 1 saturated carbocycles. The molecule has 0 aromatic heterocycles. The second-order valence-corrected chi connectivity index (χ2v) is 4.57. The Morgan fingerprint density at radius 1 is 1.31 bits per heavy atom. The molecule has 1 aromatic rings. The molecule has 1 aliphatic carbocycles. The van der Waals surface area contributed by atoms with Crippen molar-refractivity contribution in [2.45, 2.75) is 44.8 Å². The van der Waals surface area contributed by atoms with Crippen LogP contribution in [0.4, 0.5) is 10.1 Å². The van der Waals surface area contributed by atoms with E-state index in [2.05, 4.69) is 5.32 Å². The van der Waals surface area contributed by atoms with Crippen molar-refractivity contribution in [3.05, 3.63) is 29.6 Å². The lowest BCUT2D eigenvalue weighted by molar-refractivity contribution is 0.116. The van der Waals surface area contributed by atoms with Crippen molar-refractivity contribution in [2.24, 2.45) is 0 Å². The fourth-order valence-electron chi connectivity index (χ4n) is 2.18. The molecule has 2 rings (SSSR count). The lowest BCUT2D eigenvalue weighted by Gasteiger charge is -2.29. The van der Waals surface area contributed by atoms with Gasteiger partial charge in [0.25, 0.3) is 0 Å². The summed E-state index contributed by atoms with van der Waals surface area (Å²) in [5.74, 6) is -0.199. The standard InChI is InChI=1S/C13H18FNO/c1-9-6-7-10(8-11(9)14)15-12-4-2-3-5-13(12)16/h6-8,12-13,15-16H,2-5H2,1H3/t12-,13-/m1/s1. The van der Waals surface area contributed by atoms with Crippen LogP contribution in [0.2, 0.25) is 0 Å². The summed E-state index contributed by atoms with van der Waals surface area (Å²) in [4.78, 5) is 0. The highest BCUT2D eigenvalue weighted by molar-refractivity contribution is 5.46. The van der Waals surface area contributed by atoms with Gasteiger partial charge in [-0.15, -0.1) is 0 Å². The molecule has 2 nitrogen and oxygen atoms in total. The minimum atomic E-state index is -0.307. The summed E-state index contributed by atoms with van der Waals surface area (Å²) in [7, 11) is 0. The number of nitrogens with one attached hydrogen (secondary N) is 1. The maximum atomic E-state index is 13.3. The van der Waals surface area contributed by atoms with Gasteiger partial charge in [0, 0.05) is 5.69 Å². The van der Waals surface area contributed by atoms with Crippen molar-refractivity contribution in [1.29, 1.82) is 0 Å². The third-order valence-corrected chi connectivity index (χ3v) is 3.25. The van der Waals surface area contributed by atoms with E-state index in [-0.39, 0.29) is 18.0 Å². The summed E-state index contributed by atoms with van der Waals surface area (Å²) in [5, 5.41) is 13.0. The molecule has 1 aromatic carbocycles. The van der Waals surface area contributed by atoms with E-state index in [9.17, 15) is 9.50 Å². The van der Waals surface area contributed by atoms with Gasteiger partial charge in [0.05, 0.1) is 12.1 Å². The zero-order valence-electron chi connectivity index (χ0n) is 9.54. The second kappa shape index (κ2) is 4.83. The molecule has 0 heterocycles. The predicted octanol–water partition coefficient (Wildman–Crippen LogP) is 2.85. The molecule has 2 atom stereocenters. The molecule has 1 fully saturated rings. The third kappa shape index (κ3) is 2.53. The Hall–Kier alpha value is -1.09. The summed E-state index contributed by atoms with van der Waals surface area (Å²) < 4.78 is 13.3. The maximum absolute atomic E-state index is 13.3. The number of rotatable bonds is 2. The SMILES string of the molecule is Cc1ccc(N[C@@H]2CCCC[C@H]2O)cc1F. The number of hydrogen-bond acceptors (Lipinski definition) is 2. The molecule has 0 saturated heterocycles. The highest BCUT2D eigenvalue weighted by Crippen LogP contribution is 2.23. The molecule has 88 valence electrons. The zero-order valence-corrected chi connectivity index (χ0v) is 9.54. The summed E-state index contributed by atoms with van der Waals surface area (Å²) in [6, 6.07) is 5.18. The highest BCUT2D eigenvalue weighted by Gasteiger charge is 2.22. The highest BCUT2D eigenvalue weighted by atomic mass is 19.1.